The summed E-state index contributed by atoms with van der Waals surface area (Å²) in [7, 11) is -1.82. The predicted octanol–water partition coefficient (Wildman–Crippen LogP) is 1.40. The summed E-state index contributed by atoms with van der Waals surface area (Å²) in [6, 6.07) is 5.08. The van der Waals surface area contributed by atoms with Crippen molar-refractivity contribution < 1.29 is 17.9 Å². The number of piperidine rings is 1. The summed E-state index contributed by atoms with van der Waals surface area (Å²) in [5.74, 6) is -0.0130. The number of anilines is 1. The van der Waals surface area contributed by atoms with Crippen molar-refractivity contribution in [1.29, 1.82) is 0 Å². The largest absolute Gasteiger partial charge is 0.381 e. The number of nitrogens with zero attached hydrogens (tertiary/aromatic N) is 2. The van der Waals surface area contributed by atoms with E-state index in [9.17, 15) is 13.2 Å². The van der Waals surface area contributed by atoms with Crippen molar-refractivity contribution in [3.05, 3.63) is 23.8 Å². The van der Waals surface area contributed by atoms with E-state index in [4.69, 9.17) is 4.74 Å². The van der Waals surface area contributed by atoms with Gasteiger partial charge in [-0.05, 0) is 43.0 Å². The van der Waals surface area contributed by atoms with Gasteiger partial charge in [-0.15, -0.1) is 0 Å². The third-order valence-electron chi connectivity index (χ3n) is 4.70. The van der Waals surface area contributed by atoms with Gasteiger partial charge < -0.3 is 9.64 Å². The summed E-state index contributed by atoms with van der Waals surface area (Å²) >= 11 is 0. The molecule has 1 amide bonds. The minimum Gasteiger partial charge on any atom is -0.381 e. The molecule has 0 aliphatic carbocycles. The Hall–Kier alpha value is -1.44. The quantitative estimate of drug-likeness (QED) is 0.835. The molecule has 0 saturated carbocycles. The first-order valence-electron chi connectivity index (χ1n) is 7.87. The summed E-state index contributed by atoms with van der Waals surface area (Å²) in [5.41, 5.74) is 1.75. The Morgan fingerprint density at radius 3 is 2.52 bits per heavy atom. The number of fused-ring (bicyclic) bond motifs is 1. The normalized spacial score (nSPS) is 19.8. The van der Waals surface area contributed by atoms with Crippen molar-refractivity contribution in [2.75, 3.05) is 31.6 Å². The molecule has 1 aromatic rings. The van der Waals surface area contributed by atoms with Gasteiger partial charge in [0.05, 0.1) is 11.0 Å². The highest BCUT2D eigenvalue weighted by Crippen LogP contribution is 2.31. The number of carbonyl (C=O) groups excluding carboxylic acids is 1. The first kappa shape index (κ1) is 16.4. The van der Waals surface area contributed by atoms with Crippen molar-refractivity contribution in [1.82, 2.24) is 4.31 Å². The molecule has 0 spiro atoms. The number of rotatable bonds is 3. The van der Waals surface area contributed by atoms with E-state index in [0.717, 1.165) is 24.1 Å². The molecule has 2 aliphatic heterocycles. The summed E-state index contributed by atoms with van der Waals surface area (Å²) in [4.78, 5) is 13.6. The van der Waals surface area contributed by atoms with Crippen molar-refractivity contribution in [3.63, 3.8) is 0 Å². The third-order valence-corrected chi connectivity index (χ3v) is 6.59. The maximum Gasteiger partial charge on any atom is 0.243 e. The van der Waals surface area contributed by atoms with Crippen LogP contribution in [0, 0.1) is 0 Å². The molecule has 23 heavy (non-hydrogen) atoms. The van der Waals surface area contributed by atoms with E-state index in [1.54, 1.807) is 30.2 Å². The van der Waals surface area contributed by atoms with Crippen LogP contribution in [0.15, 0.2) is 23.1 Å². The number of carbonyl (C=O) groups is 1. The van der Waals surface area contributed by atoms with E-state index in [1.165, 1.54) is 11.2 Å². The fourth-order valence-corrected chi connectivity index (χ4v) is 4.84. The molecule has 0 aromatic heterocycles. The van der Waals surface area contributed by atoms with Gasteiger partial charge in [0.2, 0.25) is 15.9 Å². The first-order chi connectivity index (χ1) is 10.9. The predicted molar refractivity (Wildman–Crippen MR) is 87.0 cm³/mol. The number of hydrogen-bond acceptors (Lipinski definition) is 4. The van der Waals surface area contributed by atoms with Crippen molar-refractivity contribution in [2.24, 2.45) is 0 Å². The molecule has 1 saturated heterocycles. The van der Waals surface area contributed by atoms with Crippen LogP contribution in [0.1, 0.15) is 25.3 Å². The molecule has 6 nitrogen and oxygen atoms in total. The van der Waals surface area contributed by atoms with E-state index >= 15 is 0 Å². The van der Waals surface area contributed by atoms with Crippen molar-refractivity contribution in [2.45, 2.75) is 37.2 Å². The lowest BCUT2D eigenvalue weighted by Gasteiger charge is -2.30. The highest BCUT2D eigenvalue weighted by molar-refractivity contribution is 7.89. The number of hydrogen-bond donors (Lipinski definition) is 0. The molecule has 2 aliphatic rings. The Morgan fingerprint density at radius 1 is 1.22 bits per heavy atom. The van der Waals surface area contributed by atoms with Crippen LogP contribution in [0.2, 0.25) is 0 Å². The second-order valence-electron chi connectivity index (χ2n) is 6.05. The average molecular weight is 338 g/mol. The molecule has 0 N–H and O–H groups in total. The highest BCUT2D eigenvalue weighted by atomic mass is 32.2. The standard InChI is InChI=1S/C16H22N2O4S/c1-12(19)18-10-5-13-11-15(3-4-16(13)18)23(20,21)17-8-6-14(22-2)7-9-17/h3-4,11,14H,5-10H2,1-2H3. The highest BCUT2D eigenvalue weighted by Gasteiger charge is 2.31. The van der Waals surface area contributed by atoms with Crippen LogP contribution >= 0.6 is 0 Å². The number of benzene rings is 1. The molecular weight excluding hydrogens is 316 g/mol. The second kappa shape index (κ2) is 6.22. The van der Waals surface area contributed by atoms with Crippen LogP contribution in [-0.4, -0.2) is 51.5 Å². The van der Waals surface area contributed by atoms with Gasteiger partial charge in [0.25, 0.3) is 0 Å². The average Bonchev–Trinajstić information content (AvgIpc) is 2.98. The first-order valence-corrected chi connectivity index (χ1v) is 9.31. The SMILES string of the molecule is COC1CCN(S(=O)(=O)c2ccc3c(c2)CCN3C(C)=O)CC1. The van der Waals surface area contributed by atoms with Crippen LogP contribution in [-0.2, 0) is 26.0 Å². The molecule has 0 atom stereocenters. The van der Waals surface area contributed by atoms with Crippen molar-refractivity contribution >= 4 is 21.6 Å². The Balaban J connectivity index is 1.83. The summed E-state index contributed by atoms with van der Waals surface area (Å²) in [5, 5.41) is 0. The monoisotopic (exact) mass is 338 g/mol. The number of ether oxygens (including phenoxy) is 1. The number of sulfonamides is 1. The van der Waals surface area contributed by atoms with Crippen molar-refractivity contribution in [3.8, 4) is 0 Å². The molecule has 1 fully saturated rings. The van der Waals surface area contributed by atoms with Gasteiger partial charge in [-0.25, -0.2) is 8.42 Å². The van der Waals surface area contributed by atoms with Crippen LogP contribution in [0.3, 0.4) is 0 Å². The van der Waals surface area contributed by atoms with E-state index in [1.807, 2.05) is 0 Å². The maximum absolute atomic E-state index is 12.8. The zero-order valence-electron chi connectivity index (χ0n) is 13.5. The van der Waals surface area contributed by atoms with Crippen LogP contribution in [0.4, 0.5) is 5.69 Å². The van der Waals surface area contributed by atoms with E-state index in [2.05, 4.69) is 0 Å². The lowest BCUT2D eigenvalue weighted by Crippen LogP contribution is -2.40. The summed E-state index contributed by atoms with van der Waals surface area (Å²) in [6.07, 6.45) is 2.28. The van der Waals surface area contributed by atoms with Crippen LogP contribution in [0.25, 0.3) is 0 Å². The van der Waals surface area contributed by atoms with Gasteiger partial charge in [0.1, 0.15) is 0 Å². The molecule has 2 heterocycles. The van der Waals surface area contributed by atoms with E-state index in [0.29, 0.717) is 31.0 Å². The summed E-state index contributed by atoms with van der Waals surface area (Å²) in [6.45, 7) is 3.11. The van der Waals surface area contributed by atoms with Gasteiger partial charge >= 0.3 is 0 Å². The number of methoxy groups -OCH3 is 1. The van der Waals surface area contributed by atoms with E-state index in [-0.39, 0.29) is 12.0 Å². The van der Waals surface area contributed by atoms with Gasteiger partial charge in [-0.3, -0.25) is 4.79 Å². The lowest BCUT2D eigenvalue weighted by molar-refractivity contribution is -0.116. The smallest absolute Gasteiger partial charge is 0.243 e. The molecule has 126 valence electrons. The van der Waals surface area contributed by atoms with Gasteiger partial charge in [0.15, 0.2) is 0 Å². The number of amides is 1. The second-order valence-corrected chi connectivity index (χ2v) is 7.99. The van der Waals surface area contributed by atoms with E-state index < -0.39 is 10.0 Å². The van der Waals surface area contributed by atoms with Gasteiger partial charge in [0, 0.05) is 39.4 Å². The Morgan fingerprint density at radius 2 is 1.91 bits per heavy atom. The Bertz CT molecular complexity index is 709. The fourth-order valence-electron chi connectivity index (χ4n) is 3.32. The molecular formula is C16H22N2O4S. The minimum absolute atomic E-state index is 0.0130. The molecule has 0 radical (unpaired) electrons. The maximum atomic E-state index is 12.8. The van der Waals surface area contributed by atoms with Crippen LogP contribution < -0.4 is 4.90 Å². The molecule has 0 unspecified atom stereocenters. The fraction of sp³-hybridized carbons (Fsp3) is 0.562. The Kier molecular flexibility index (Phi) is 4.44. The van der Waals surface area contributed by atoms with Gasteiger partial charge in [-0.1, -0.05) is 0 Å². The lowest BCUT2D eigenvalue weighted by atomic mass is 10.1. The van der Waals surface area contributed by atoms with Gasteiger partial charge in [-0.2, -0.15) is 4.31 Å². The topological polar surface area (TPSA) is 66.9 Å². The zero-order valence-corrected chi connectivity index (χ0v) is 14.3. The molecule has 7 heteroatoms. The summed E-state index contributed by atoms with van der Waals surface area (Å²) < 4.78 is 32.4. The molecule has 3 rings (SSSR count). The Labute approximate surface area is 137 Å². The molecule has 0 bridgehead atoms. The van der Waals surface area contributed by atoms with Crippen LogP contribution in [0.5, 0.6) is 0 Å². The zero-order chi connectivity index (χ0) is 16.6. The minimum atomic E-state index is -3.48. The molecule has 1 aromatic carbocycles. The third kappa shape index (κ3) is 3.00.